The number of aromatic hydroxyl groups is 2. The molecule has 290 valence electrons. The van der Waals surface area contributed by atoms with Crippen LogP contribution in [0.1, 0.15) is 31.2 Å². The smallest absolute Gasteiger partial charge is 0.145 e. The quantitative estimate of drug-likeness (QED) is 0.0549. The average molecular weight is 723 g/mol. The van der Waals surface area contributed by atoms with Crippen molar-refractivity contribution in [1.82, 2.24) is 0 Å². The number of phenols is 2. The SMILES string of the molecule is Cc1c(O)c(Nc2ccc(N(CCC[NH+](C)C)CCC[N+](C)(C)C)cc2)cc(Nc2ccc(N(CCC[N+](C)(C)C)CCC[N+](C)(C)C)cc2)c1O. The van der Waals surface area contributed by atoms with E-state index in [1.54, 1.807) is 13.0 Å². The highest BCUT2D eigenvalue weighted by molar-refractivity contribution is 5.80. The largest absolute Gasteiger partial charge is 0.505 e. The molecule has 10 heteroatoms. The molecule has 0 aromatic heterocycles. The molecule has 0 aliphatic carbocycles. The van der Waals surface area contributed by atoms with E-state index in [1.165, 1.54) is 16.3 Å². The number of benzene rings is 3. The van der Waals surface area contributed by atoms with Crippen LogP contribution in [0.2, 0.25) is 0 Å². The molecule has 0 saturated heterocycles. The monoisotopic (exact) mass is 723 g/mol. The van der Waals surface area contributed by atoms with Gasteiger partial charge in [0.25, 0.3) is 0 Å². The van der Waals surface area contributed by atoms with Crippen molar-refractivity contribution in [3.63, 3.8) is 0 Å². The summed E-state index contributed by atoms with van der Waals surface area (Å²) >= 11 is 0. The number of quaternary nitrogens is 4. The first-order valence-corrected chi connectivity index (χ1v) is 19.2. The number of hydrogen-bond donors (Lipinski definition) is 5. The van der Waals surface area contributed by atoms with Gasteiger partial charge in [-0.25, -0.2) is 0 Å². The van der Waals surface area contributed by atoms with Gasteiger partial charge in [0, 0.05) is 80.2 Å². The minimum atomic E-state index is 0.0359. The molecule has 0 unspecified atom stereocenters. The number of nitrogens with zero attached hydrogens (tertiary/aromatic N) is 5. The minimum Gasteiger partial charge on any atom is -0.505 e. The fraction of sp³-hybridized carbons (Fsp3) is 0.571. The zero-order valence-electron chi connectivity index (χ0n) is 34.8. The van der Waals surface area contributed by atoms with Gasteiger partial charge in [0.05, 0.1) is 115 Å². The molecule has 0 saturated carbocycles. The number of anilines is 6. The van der Waals surface area contributed by atoms with E-state index in [0.29, 0.717) is 16.9 Å². The Kier molecular flexibility index (Phi) is 15.5. The number of rotatable bonds is 22. The molecule has 0 aliphatic rings. The van der Waals surface area contributed by atoms with Gasteiger partial charge < -0.3 is 49.0 Å². The summed E-state index contributed by atoms with van der Waals surface area (Å²) in [5.41, 5.74) is 5.66. The van der Waals surface area contributed by atoms with Gasteiger partial charge in [-0.15, -0.1) is 0 Å². The summed E-state index contributed by atoms with van der Waals surface area (Å²) in [6.07, 6.45) is 4.51. The molecule has 5 N–H and O–H groups in total. The van der Waals surface area contributed by atoms with E-state index in [9.17, 15) is 10.2 Å². The van der Waals surface area contributed by atoms with Crippen molar-refractivity contribution in [1.29, 1.82) is 0 Å². The van der Waals surface area contributed by atoms with Crippen LogP contribution < -0.4 is 25.3 Å². The van der Waals surface area contributed by atoms with Crippen molar-refractivity contribution in [2.24, 2.45) is 0 Å². The Bertz CT molecular complexity index is 1480. The second kappa shape index (κ2) is 18.9. The van der Waals surface area contributed by atoms with Gasteiger partial charge in [-0.1, -0.05) is 0 Å². The van der Waals surface area contributed by atoms with E-state index < -0.39 is 0 Å². The van der Waals surface area contributed by atoms with Crippen molar-refractivity contribution in [3.05, 3.63) is 60.2 Å². The highest BCUT2D eigenvalue weighted by atomic mass is 16.3. The Morgan fingerprint density at radius 3 is 1.17 bits per heavy atom. The molecule has 0 fully saturated rings. The molecule has 0 atom stereocenters. The van der Waals surface area contributed by atoms with Gasteiger partial charge in [-0.2, -0.15) is 0 Å². The van der Waals surface area contributed by atoms with Gasteiger partial charge in [0.15, 0.2) is 0 Å². The summed E-state index contributed by atoms with van der Waals surface area (Å²) in [6, 6.07) is 18.7. The van der Waals surface area contributed by atoms with Crippen LogP contribution in [0.15, 0.2) is 54.6 Å². The Morgan fingerprint density at radius 2 is 0.865 bits per heavy atom. The van der Waals surface area contributed by atoms with E-state index in [4.69, 9.17) is 0 Å². The summed E-state index contributed by atoms with van der Waals surface area (Å²) in [5, 5.41) is 28.9. The van der Waals surface area contributed by atoms with Gasteiger partial charge in [-0.3, -0.25) is 0 Å². The van der Waals surface area contributed by atoms with E-state index >= 15 is 0 Å². The molecule has 0 radical (unpaired) electrons. The molecule has 0 amide bonds. The molecule has 3 aromatic rings. The number of phenolic OH excluding ortho intramolecular Hbond substituents is 2. The Morgan fingerprint density at radius 1 is 0.538 bits per heavy atom. The summed E-state index contributed by atoms with van der Waals surface area (Å²) in [5.74, 6) is 0.0720. The maximum Gasteiger partial charge on any atom is 0.145 e. The predicted octanol–water partition coefficient (Wildman–Crippen LogP) is 5.33. The Balaban J connectivity index is 1.75. The average Bonchev–Trinajstić information content (AvgIpc) is 3.03. The normalized spacial score (nSPS) is 12.3. The van der Waals surface area contributed by atoms with Gasteiger partial charge in [-0.05, 0) is 61.5 Å². The van der Waals surface area contributed by atoms with Crippen molar-refractivity contribution >= 4 is 34.1 Å². The Labute approximate surface area is 316 Å². The molecule has 3 rings (SSSR count). The van der Waals surface area contributed by atoms with Crippen molar-refractivity contribution < 1.29 is 28.6 Å². The summed E-state index contributed by atoms with van der Waals surface area (Å²) in [4.78, 5) is 6.46. The zero-order valence-corrected chi connectivity index (χ0v) is 34.8. The first-order valence-electron chi connectivity index (χ1n) is 19.2. The lowest BCUT2D eigenvalue weighted by Crippen LogP contribution is -3.05. The topological polar surface area (TPSA) is 75.4 Å². The lowest BCUT2D eigenvalue weighted by atomic mass is 10.1. The lowest BCUT2D eigenvalue weighted by molar-refractivity contribution is -0.870. The molecule has 0 heterocycles. The predicted molar refractivity (Wildman–Crippen MR) is 223 cm³/mol. The Hall–Kier alpha value is -3.70. The zero-order chi connectivity index (χ0) is 38.7. The fourth-order valence-electron chi connectivity index (χ4n) is 6.38. The van der Waals surface area contributed by atoms with Crippen molar-refractivity contribution in [3.8, 4) is 11.5 Å². The van der Waals surface area contributed by atoms with E-state index in [1.807, 2.05) is 0 Å². The third-order valence-corrected chi connectivity index (χ3v) is 9.41. The minimum absolute atomic E-state index is 0.0359. The summed E-state index contributed by atoms with van der Waals surface area (Å²) in [7, 11) is 24.6. The molecular weight excluding hydrogens is 649 g/mol. The van der Waals surface area contributed by atoms with Crippen molar-refractivity contribution in [2.75, 3.05) is 150 Å². The second-order valence-electron chi connectivity index (χ2n) is 18.0. The third-order valence-electron chi connectivity index (χ3n) is 9.41. The molecular formula is C42H74N8O2+4. The van der Waals surface area contributed by atoms with Crippen LogP contribution in [0.25, 0.3) is 0 Å². The van der Waals surface area contributed by atoms with Crippen LogP contribution in [0.3, 0.4) is 0 Å². The molecule has 0 bridgehead atoms. The molecule has 0 spiro atoms. The van der Waals surface area contributed by atoms with E-state index in [0.717, 1.165) is 103 Å². The highest BCUT2D eigenvalue weighted by Gasteiger charge is 2.17. The first-order chi connectivity index (χ1) is 24.2. The van der Waals surface area contributed by atoms with Crippen LogP contribution in [0, 0.1) is 6.92 Å². The molecule has 52 heavy (non-hydrogen) atoms. The van der Waals surface area contributed by atoms with Gasteiger partial charge in [0.1, 0.15) is 11.5 Å². The third kappa shape index (κ3) is 15.1. The van der Waals surface area contributed by atoms with Gasteiger partial charge in [0.2, 0.25) is 0 Å². The summed E-state index contributed by atoms with van der Waals surface area (Å²) in [6.45, 7) is 10.3. The highest BCUT2D eigenvalue weighted by Crippen LogP contribution is 2.42. The van der Waals surface area contributed by atoms with Crippen LogP contribution in [-0.2, 0) is 0 Å². The molecule has 0 aliphatic heterocycles. The van der Waals surface area contributed by atoms with Crippen LogP contribution in [0.4, 0.5) is 34.1 Å². The van der Waals surface area contributed by atoms with Crippen LogP contribution in [0.5, 0.6) is 11.5 Å². The lowest BCUT2D eigenvalue weighted by Gasteiger charge is -2.30. The maximum atomic E-state index is 11.1. The first kappa shape index (κ1) is 42.7. The number of hydrogen-bond acceptors (Lipinski definition) is 6. The summed E-state index contributed by atoms with van der Waals surface area (Å²) < 4.78 is 2.88. The van der Waals surface area contributed by atoms with Crippen molar-refractivity contribution in [2.45, 2.75) is 32.6 Å². The maximum absolute atomic E-state index is 11.1. The number of nitrogens with one attached hydrogen (secondary N) is 3. The second-order valence-corrected chi connectivity index (χ2v) is 18.0. The molecule has 10 nitrogen and oxygen atoms in total. The van der Waals surface area contributed by atoms with Gasteiger partial charge >= 0.3 is 0 Å². The standard InChI is InChI=1S/C42H71N8O2/c1-34-41(51)39(43-35-17-21-37(22-18-35)46(26-13-25-45(2)3)27-14-30-48(4,5)6)33-40(42(34)52)44-36-19-23-38(24-20-36)47(28-15-31-49(7,8)9)29-16-32-50(10,11)12/h17-24,33,43-44H,13-16,25-32H2,1-12H3/q+1/p+3. The van der Waals surface area contributed by atoms with Crippen LogP contribution in [-0.4, -0.2) is 154 Å². The van der Waals surface area contributed by atoms with E-state index in [-0.39, 0.29) is 11.5 Å². The van der Waals surface area contributed by atoms with E-state index in [2.05, 4.69) is 146 Å². The van der Waals surface area contributed by atoms with Crippen LogP contribution >= 0.6 is 0 Å². The fourth-order valence-corrected chi connectivity index (χ4v) is 6.38. The molecule has 3 aromatic carbocycles.